The summed E-state index contributed by atoms with van der Waals surface area (Å²) in [5.41, 5.74) is 1.38. The van der Waals surface area contributed by atoms with Gasteiger partial charge in [0.2, 0.25) is 0 Å². The highest BCUT2D eigenvalue weighted by molar-refractivity contribution is 5.13. The fraction of sp³-hybridized carbons (Fsp3) is 0.878. The lowest BCUT2D eigenvalue weighted by atomic mass is 10.1. The van der Waals surface area contributed by atoms with Crippen molar-refractivity contribution in [1.82, 2.24) is 0 Å². The Balaban J connectivity index is 0.0000281. The van der Waals surface area contributed by atoms with Gasteiger partial charge in [0.05, 0.1) is 32.9 Å². The van der Waals surface area contributed by atoms with E-state index in [1.165, 1.54) is 179 Å². The first kappa shape index (κ1) is 53.5. The van der Waals surface area contributed by atoms with Crippen LogP contribution in [0.15, 0.2) is 30.3 Å². The van der Waals surface area contributed by atoms with E-state index < -0.39 is 5.97 Å². The molecular formula is C49H94BrNO3. The van der Waals surface area contributed by atoms with Gasteiger partial charge in [-0.15, -0.1) is 0 Å². The molecule has 0 N–H and O–H groups in total. The number of halogens is 1. The highest BCUT2D eigenvalue weighted by atomic mass is 79.9. The summed E-state index contributed by atoms with van der Waals surface area (Å²) < 4.78 is 21.7. The van der Waals surface area contributed by atoms with Crippen LogP contribution >= 0.6 is 0 Å². The van der Waals surface area contributed by atoms with Crippen molar-refractivity contribution in [3.8, 4) is 0 Å². The Bertz CT molecular complexity index is 799. The van der Waals surface area contributed by atoms with Crippen molar-refractivity contribution < 1.29 is 35.7 Å². The maximum Gasteiger partial charge on any atom is 0.335 e. The molecule has 0 aromatic heterocycles. The van der Waals surface area contributed by atoms with Gasteiger partial charge in [0, 0.05) is 5.56 Å². The molecule has 54 heavy (non-hydrogen) atoms. The Labute approximate surface area is 349 Å². The summed E-state index contributed by atoms with van der Waals surface area (Å²) in [5, 5.41) is 0. The number of hydrogen-bond donors (Lipinski definition) is 0. The molecule has 4 nitrogen and oxygen atoms in total. The van der Waals surface area contributed by atoms with Crippen LogP contribution < -0.4 is 17.0 Å². The first-order chi connectivity index (χ1) is 26.1. The maximum absolute atomic E-state index is 6.92. The van der Waals surface area contributed by atoms with E-state index in [1.54, 1.807) is 0 Å². The Hall–Kier alpha value is -0.460. The summed E-state index contributed by atoms with van der Waals surface area (Å²) >= 11 is 0. The summed E-state index contributed by atoms with van der Waals surface area (Å²) in [5.74, 6) is -0.987. The molecule has 0 saturated carbocycles. The summed E-state index contributed by atoms with van der Waals surface area (Å²) in [6.07, 6.45) is 39.8. The van der Waals surface area contributed by atoms with Gasteiger partial charge in [-0.25, -0.2) is 0 Å². The molecule has 0 atom stereocenters. The van der Waals surface area contributed by atoms with Gasteiger partial charge in [0.25, 0.3) is 0 Å². The standard InChI is InChI=1S/C49H94NO3.BrH/c1-6-11-14-17-20-23-26-29-32-38-43-51-49(52-44-39-33-30-27-24-21-18-15-12-7-2,53-45-40-34-31-28-25-22-19-16-13-8-3)47-50(9-4,10-5)46-48-41-36-35-37-42-48;/h35-37,41-42H,6-34,38-40,43-47H2,1-5H3;1H/q+1;/p-1. The molecule has 0 saturated heterocycles. The van der Waals surface area contributed by atoms with Gasteiger partial charge in [0.15, 0.2) is 6.54 Å². The lowest BCUT2D eigenvalue weighted by Crippen LogP contribution is -3.00. The fourth-order valence-corrected chi connectivity index (χ4v) is 7.82. The van der Waals surface area contributed by atoms with Crippen molar-refractivity contribution in [2.45, 2.75) is 240 Å². The predicted molar refractivity (Wildman–Crippen MR) is 232 cm³/mol. The number of likely N-dealkylation sites (N-methyl/N-ethyl adjacent to an activating group) is 1. The minimum absolute atomic E-state index is 0. The molecule has 320 valence electrons. The van der Waals surface area contributed by atoms with E-state index in [1.807, 2.05) is 0 Å². The van der Waals surface area contributed by atoms with Crippen LogP contribution in [0.2, 0.25) is 0 Å². The molecule has 1 aromatic carbocycles. The van der Waals surface area contributed by atoms with Crippen molar-refractivity contribution in [3.05, 3.63) is 35.9 Å². The van der Waals surface area contributed by atoms with Crippen LogP contribution in [-0.2, 0) is 20.8 Å². The summed E-state index contributed by atoms with van der Waals surface area (Å²) in [4.78, 5) is 0. The number of benzene rings is 1. The quantitative estimate of drug-likeness (QED) is 0.0373. The number of rotatable bonds is 42. The third-order valence-electron chi connectivity index (χ3n) is 11.7. The Morgan fingerprint density at radius 2 is 0.667 bits per heavy atom. The molecule has 0 fully saturated rings. The summed E-state index contributed by atoms with van der Waals surface area (Å²) in [6.45, 7) is 17.5. The van der Waals surface area contributed by atoms with E-state index >= 15 is 0 Å². The molecule has 5 heteroatoms. The van der Waals surface area contributed by atoms with Crippen LogP contribution in [0.3, 0.4) is 0 Å². The van der Waals surface area contributed by atoms with Crippen LogP contribution in [0, 0.1) is 0 Å². The first-order valence-electron chi connectivity index (χ1n) is 23.9. The largest absolute Gasteiger partial charge is 1.00 e. The zero-order valence-corrected chi connectivity index (χ0v) is 38.7. The van der Waals surface area contributed by atoms with Crippen molar-refractivity contribution in [3.63, 3.8) is 0 Å². The predicted octanol–water partition coefficient (Wildman–Crippen LogP) is 12.5. The van der Waals surface area contributed by atoms with Gasteiger partial charge < -0.3 is 35.7 Å². The lowest BCUT2D eigenvalue weighted by Gasteiger charge is -2.44. The zero-order valence-electron chi connectivity index (χ0n) is 37.1. The number of hydrogen-bond acceptors (Lipinski definition) is 3. The highest BCUT2D eigenvalue weighted by Crippen LogP contribution is 2.27. The zero-order chi connectivity index (χ0) is 38.4. The van der Waals surface area contributed by atoms with Crippen LogP contribution in [0.5, 0.6) is 0 Å². The molecule has 0 aliphatic heterocycles. The number of quaternary nitrogens is 1. The number of ether oxygens (including phenoxy) is 3. The second-order valence-corrected chi connectivity index (χ2v) is 16.6. The number of unbranched alkanes of at least 4 members (excludes halogenated alkanes) is 27. The van der Waals surface area contributed by atoms with E-state index in [2.05, 4.69) is 65.0 Å². The average Bonchev–Trinajstić information content (AvgIpc) is 3.18. The first-order valence-corrected chi connectivity index (χ1v) is 23.9. The van der Waals surface area contributed by atoms with Gasteiger partial charge >= 0.3 is 5.97 Å². The van der Waals surface area contributed by atoms with Crippen molar-refractivity contribution in [2.24, 2.45) is 0 Å². The molecule has 0 spiro atoms. The SMILES string of the molecule is CCCCCCCCCCCCOC(C[N+](CC)(CC)Cc1ccccc1)(OCCCCCCCCCCCC)OCCCCCCCCCCCC.[Br-]. The van der Waals surface area contributed by atoms with Crippen molar-refractivity contribution in [1.29, 1.82) is 0 Å². The molecule has 0 unspecified atom stereocenters. The molecule has 0 amide bonds. The van der Waals surface area contributed by atoms with Gasteiger partial charge in [-0.1, -0.05) is 224 Å². The topological polar surface area (TPSA) is 27.7 Å². The molecule has 0 aliphatic carbocycles. The molecule has 0 bridgehead atoms. The van der Waals surface area contributed by atoms with E-state index in [4.69, 9.17) is 14.2 Å². The normalized spacial score (nSPS) is 12.0. The summed E-state index contributed by atoms with van der Waals surface area (Å²) in [7, 11) is 0. The smallest absolute Gasteiger partial charge is 0.335 e. The third-order valence-corrected chi connectivity index (χ3v) is 11.7. The van der Waals surface area contributed by atoms with Gasteiger partial charge in [-0.3, -0.25) is 0 Å². The fourth-order valence-electron chi connectivity index (χ4n) is 7.82. The Morgan fingerprint density at radius 3 is 0.944 bits per heavy atom. The van der Waals surface area contributed by atoms with E-state index in [-0.39, 0.29) is 17.0 Å². The molecule has 1 rings (SSSR count). The highest BCUT2D eigenvalue weighted by Gasteiger charge is 2.43. The second-order valence-electron chi connectivity index (χ2n) is 16.6. The Kier molecular flexibility index (Phi) is 39.0. The molecule has 0 radical (unpaired) electrons. The molecule has 0 aliphatic rings. The van der Waals surface area contributed by atoms with E-state index in [0.29, 0.717) is 19.8 Å². The monoisotopic (exact) mass is 824 g/mol. The van der Waals surface area contributed by atoms with Crippen LogP contribution in [-0.4, -0.2) is 49.9 Å². The third kappa shape index (κ3) is 29.7. The van der Waals surface area contributed by atoms with Crippen LogP contribution in [0.1, 0.15) is 233 Å². The maximum atomic E-state index is 6.92. The molecule has 1 aromatic rings. The van der Waals surface area contributed by atoms with Gasteiger partial charge in [-0.05, 0) is 33.1 Å². The lowest BCUT2D eigenvalue weighted by molar-refractivity contribution is -0.950. The average molecular weight is 825 g/mol. The molecule has 0 heterocycles. The van der Waals surface area contributed by atoms with Crippen LogP contribution in [0.4, 0.5) is 0 Å². The van der Waals surface area contributed by atoms with Crippen LogP contribution in [0.25, 0.3) is 0 Å². The van der Waals surface area contributed by atoms with Gasteiger partial charge in [0.1, 0.15) is 6.54 Å². The minimum Gasteiger partial charge on any atom is -1.00 e. The minimum atomic E-state index is -0.987. The van der Waals surface area contributed by atoms with Crippen molar-refractivity contribution in [2.75, 3.05) is 39.5 Å². The van der Waals surface area contributed by atoms with E-state index in [0.717, 1.165) is 49.9 Å². The Morgan fingerprint density at radius 1 is 0.389 bits per heavy atom. The molecular weight excluding hydrogens is 730 g/mol. The second kappa shape index (κ2) is 39.4. The van der Waals surface area contributed by atoms with Gasteiger partial charge in [-0.2, -0.15) is 0 Å². The summed E-state index contributed by atoms with van der Waals surface area (Å²) in [6, 6.07) is 11.0. The number of nitrogens with zero attached hydrogens (tertiary/aromatic N) is 1. The van der Waals surface area contributed by atoms with Crippen molar-refractivity contribution >= 4 is 0 Å². The van der Waals surface area contributed by atoms with E-state index in [9.17, 15) is 0 Å².